The van der Waals surface area contributed by atoms with E-state index in [9.17, 15) is 18.0 Å². The minimum absolute atomic E-state index is 0.0254. The molecular formula is C9H12F3N3O3. The molecule has 102 valence electrons. The number of ether oxygens (including phenoxy) is 2. The van der Waals surface area contributed by atoms with Gasteiger partial charge in [-0.3, -0.25) is 0 Å². The second-order valence-corrected chi connectivity index (χ2v) is 3.33. The van der Waals surface area contributed by atoms with Gasteiger partial charge in [0.2, 0.25) is 0 Å². The van der Waals surface area contributed by atoms with Crippen molar-refractivity contribution < 1.29 is 27.4 Å². The maximum atomic E-state index is 11.8. The molecule has 0 spiro atoms. The van der Waals surface area contributed by atoms with Crippen LogP contribution in [-0.2, 0) is 16.0 Å². The van der Waals surface area contributed by atoms with Crippen LogP contribution in [0.15, 0.2) is 6.33 Å². The van der Waals surface area contributed by atoms with E-state index in [1.165, 1.54) is 18.0 Å². The third-order valence-electron chi connectivity index (χ3n) is 2.00. The van der Waals surface area contributed by atoms with Crippen molar-refractivity contribution in [1.29, 1.82) is 0 Å². The summed E-state index contributed by atoms with van der Waals surface area (Å²) in [6.07, 6.45) is -3.13. The summed E-state index contributed by atoms with van der Waals surface area (Å²) in [5.74, 6) is -0.681. The summed E-state index contributed by atoms with van der Waals surface area (Å²) in [5, 5.41) is 0. The standard InChI is InChI=1S/C9H12F3N3O3/c1-17-8(16)6-7(13)15(5-14-6)2-3-18-4-9(10,11)12/h5H,2-4,13H2,1H3. The molecule has 0 amide bonds. The first-order chi connectivity index (χ1) is 8.35. The van der Waals surface area contributed by atoms with Gasteiger partial charge < -0.3 is 19.8 Å². The van der Waals surface area contributed by atoms with E-state index in [0.717, 1.165) is 0 Å². The van der Waals surface area contributed by atoms with Gasteiger partial charge in [-0.25, -0.2) is 9.78 Å². The van der Waals surface area contributed by atoms with E-state index < -0.39 is 18.8 Å². The molecule has 0 radical (unpaired) electrons. The number of alkyl halides is 3. The molecular weight excluding hydrogens is 255 g/mol. The van der Waals surface area contributed by atoms with Gasteiger partial charge >= 0.3 is 12.1 Å². The fourth-order valence-corrected chi connectivity index (χ4v) is 1.17. The summed E-state index contributed by atoms with van der Waals surface area (Å²) in [6.45, 7) is -1.46. The Balaban J connectivity index is 2.49. The van der Waals surface area contributed by atoms with Crippen LogP contribution in [0, 0.1) is 0 Å². The van der Waals surface area contributed by atoms with Gasteiger partial charge in [0.15, 0.2) is 5.69 Å². The molecule has 1 aromatic heterocycles. The van der Waals surface area contributed by atoms with Crippen molar-refractivity contribution in [2.24, 2.45) is 0 Å². The molecule has 6 nitrogen and oxygen atoms in total. The Morgan fingerprint density at radius 2 is 2.22 bits per heavy atom. The van der Waals surface area contributed by atoms with Gasteiger partial charge in [-0.2, -0.15) is 13.2 Å². The Morgan fingerprint density at radius 3 is 2.78 bits per heavy atom. The number of methoxy groups -OCH3 is 1. The number of hydrogen-bond donors (Lipinski definition) is 1. The molecule has 0 saturated heterocycles. The van der Waals surface area contributed by atoms with Crippen LogP contribution in [0.3, 0.4) is 0 Å². The Labute approximate surface area is 100 Å². The van der Waals surface area contributed by atoms with Crippen LogP contribution in [0.25, 0.3) is 0 Å². The van der Waals surface area contributed by atoms with Crippen LogP contribution in [0.2, 0.25) is 0 Å². The molecule has 18 heavy (non-hydrogen) atoms. The zero-order valence-electron chi connectivity index (χ0n) is 9.53. The van der Waals surface area contributed by atoms with Crippen LogP contribution in [0.1, 0.15) is 10.5 Å². The molecule has 0 fully saturated rings. The smallest absolute Gasteiger partial charge is 0.411 e. The predicted octanol–water partition coefficient (Wildman–Crippen LogP) is 0.831. The number of aromatic nitrogens is 2. The summed E-state index contributed by atoms with van der Waals surface area (Å²) in [5.41, 5.74) is 5.49. The lowest BCUT2D eigenvalue weighted by Crippen LogP contribution is -2.19. The van der Waals surface area contributed by atoms with Crippen molar-refractivity contribution in [3.05, 3.63) is 12.0 Å². The minimum atomic E-state index is -4.36. The van der Waals surface area contributed by atoms with Crippen LogP contribution in [0.5, 0.6) is 0 Å². The predicted molar refractivity (Wildman–Crippen MR) is 54.9 cm³/mol. The summed E-state index contributed by atoms with van der Waals surface area (Å²) in [6, 6.07) is 0. The number of hydrogen-bond acceptors (Lipinski definition) is 5. The van der Waals surface area contributed by atoms with Crippen LogP contribution in [0.4, 0.5) is 19.0 Å². The number of anilines is 1. The second kappa shape index (κ2) is 5.71. The molecule has 1 heterocycles. The van der Waals surface area contributed by atoms with E-state index in [1.807, 2.05) is 0 Å². The van der Waals surface area contributed by atoms with Crippen LogP contribution >= 0.6 is 0 Å². The molecule has 1 rings (SSSR count). The van der Waals surface area contributed by atoms with Crippen LogP contribution < -0.4 is 5.73 Å². The Bertz CT molecular complexity index is 417. The number of carbonyl (C=O) groups excluding carboxylic acids is 1. The molecule has 0 bridgehead atoms. The third-order valence-corrected chi connectivity index (χ3v) is 2.00. The number of nitrogen functional groups attached to an aromatic ring is 1. The highest BCUT2D eigenvalue weighted by Gasteiger charge is 2.27. The molecule has 2 N–H and O–H groups in total. The number of esters is 1. The molecule has 0 saturated carbocycles. The minimum Gasteiger partial charge on any atom is -0.464 e. The average molecular weight is 267 g/mol. The zero-order chi connectivity index (χ0) is 13.8. The summed E-state index contributed by atoms with van der Waals surface area (Å²) < 4.78 is 45.5. The second-order valence-electron chi connectivity index (χ2n) is 3.33. The maximum Gasteiger partial charge on any atom is 0.411 e. The maximum absolute atomic E-state index is 11.8. The van der Waals surface area contributed by atoms with Gasteiger partial charge in [0, 0.05) is 6.54 Å². The molecule has 9 heteroatoms. The van der Waals surface area contributed by atoms with Crippen molar-refractivity contribution in [2.75, 3.05) is 26.1 Å². The average Bonchev–Trinajstić information content (AvgIpc) is 2.64. The molecule has 0 aliphatic heterocycles. The van der Waals surface area contributed by atoms with Crippen molar-refractivity contribution in [2.45, 2.75) is 12.7 Å². The fraction of sp³-hybridized carbons (Fsp3) is 0.556. The first-order valence-corrected chi connectivity index (χ1v) is 4.88. The van der Waals surface area contributed by atoms with Gasteiger partial charge in [0.25, 0.3) is 0 Å². The Hall–Kier alpha value is -1.77. The molecule has 0 aliphatic rings. The van der Waals surface area contributed by atoms with E-state index in [4.69, 9.17) is 5.73 Å². The third kappa shape index (κ3) is 3.91. The van der Waals surface area contributed by atoms with E-state index in [2.05, 4.69) is 14.5 Å². The van der Waals surface area contributed by atoms with E-state index in [1.54, 1.807) is 0 Å². The van der Waals surface area contributed by atoms with E-state index >= 15 is 0 Å². The van der Waals surface area contributed by atoms with E-state index in [0.29, 0.717) is 0 Å². The number of carbonyl (C=O) groups is 1. The molecule has 0 aliphatic carbocycles. The van der Waals surface area contributed by atoms with Crippen LogP contribution in [-0.4, -0.2) is 42.0 Å². The van der Waals surface area contributed by atoms with Gasteiger partial charge in [-0.15, -0.1) is 0 Å². The van der Waals surface area contributed by atoms with Gasteiger partial charge in [0.05, 0.1) is 20.0 Å². The highest BCUT2D eigenvalue weighted by atomic mass is 19.4. The summed E-state index contributed by atoms with van der Waals surface area (Å²) in [7, 11) is 1.17. The lowest BCUT2D eigenvalue weighted by atomic mass is 10.4. The Morgan fingerprint density at radius 1 is 1.56 bits per heavy atom. The van der Waals surface area contributed by atoms with Gasteiger partial charge in [-0.1, -0.05) is 0 Å². The highest BCUT2D eigenvalue weighted by Crippen LogP contribution is 2.15. The first kappa shape index (κ1) is 14.3. The molecule has 0 unspecified atom stereocenters. The SMILES string of the molecule is COC(=O)c1ncn(CCOCC(F)(F)F)c1N. The topological polar surface area (TPSA) is 79.4 Å². The fourth-order valence-electron chi connectivity index (χ4n) is 1.17. The largest absolute Gasteiger partial charge is 0.464 e. The summed E-state index contributed by atoms with van der Waals surface area (Å²) >= 11 is 0. The van der Waals surface area contributed by atoms with Crippen molar-refractivity contribution in [3.8, 4) is 0 Å². The van der Waals surface area contributed by atoms with E-state index in [-0.39, 0.29) is 24.7 Å². The van der Waals surface area contributed by atoms with Crippen molar-refractivity contribution >= 4 is 11.8 Å². The normalized spacial score (nSPS) is 11.6. The van der Waals surface area contributed by atoms with Crippen molar-refractivity contribution in [1.82, 2.24) is 9.55 Å². The lowest BCUT2D eigenvalue weighted by molar-refractivity contribution is -0.174. The number of imidazole rings is 1. The van der Waals surface area contributed by atoms with Crippen molar-refractivity contribution in [3.63, 3.8) is 0 Å². The lowest BCUT2D eigenvalue weighted by Gasteiger charge is -2.08. The Kier molecular flexibility index (Phi) is 4.54. The first-order valence-electron chi connectivity index (χ1n) is 4.88. The number of rotatable bonds is 5. The number of nitrogens with two attached hydrogens (primary N) is 1. The molecule has 1 aromatic rings. The highest BCUT2D eigenvalue weighted by molar-refractivity contribution is 5.91. The molecule has 0 aromatic carbocycles. The zero-order valence-corrected chi connectivity index (χ0v) is 9.53. The molecule has 0 atom stereocenters. The summed E-state index contributed by atoms with van der Waals surface area (Å²) in [4.78, 5) is 14.9. The van der Waals surface area contributed by atoms with Gasteiger partial charge in [0.1, 0.15) is 12.4 Å². The van der Waals surface area contributed by atoms with Gasteiger partial charge in [-0.05, 0) is 0 Å². The number of halogens is 3. The number of nitrogens with zero attached hydrogens (tertiary/aromatic N) is 2. The quantitative estimate of drug-likeness (QED) is 0.631. The monoisotopic (exact) mass is 267 g/mol.